The van der Waals surface area contributed by atoms with Crippen LogP contribution in [0.2, 0.25) is 0 Å². The molecule has 1 aromatic heterocycles. The van der Waals surface area contributed by atoms with Gasteiger partial charge >= 0.3 is 0 Å². The Morgan fingerprint density at radius 2 is 2.22 bits per heavy atom. The van der Waals surface area contributed by atoms with E-state index in [-0.39, 0.29) is 22.9 Å². The maximum absolute atomic E-state index is 11.2. The van der Waals surface area contributed by atoms with Crippen molar-refractivity contribution >= 4 is 21.8 Å². The Morgan fingerprint density at radius 3 is 2.83 bits per heavy atom. The van der Waals surface area contributed by atoms with Crippen LogP contribution in [-0.2, 0) is 0 Å². The van der Waals surface area contributed by atoms with Crippen LogP contribution in [0.3, 0.4) is 0 Å². The third kappa shape index (κ3) is 2.02. The number of amides is 1. The van der Waals surface area contributed by atoms with Crippen molar-refractivity contribution in [3.63, 3.8) is 0 Å². The molecule has 0 fully saturated rings. The van der Waals surface area contributed by atoms with Gasteiger partial charge in [0.25, 0.3) is 5.91 Å². The first kappa shape index (κ1) is 12.4. The minimum absolute atomic E-state index is 0.0505. The number of phenols is 1. The van der Waals surface area contributed by atoms with Crippen LogP contribution in [0, 0.1) is 0 Å². The molecule has 0 saturated heterocycles. The number of carbonyl (C=O) groups excluding carboxylic acids is 1. The normalized spacial score (nSPS) is 10.3. The number of halogens is 1. The molecule has 2 aromatic rings. The highest BCUT2D eigenvalue weighted by Gasteiger charge is 2.20. The van der Waals surface area contributed by atoms with Gasteiger partial charge in [-0.3, -0.25) is 4.79 Å². The van der Waals surface area contributed by atoms with Gasteiger partial charge in [0.2, 0.25) is 0 Å². The average Bonchev–Trinajstić information content (AvgIpc) is 2.80. The molecule has 0 spiro atoms. The molecule has 0 atom stereocenters. The van der Waals surface area contributed by atoms with Crippen LogP contribution in [-0.4, -0.2) is 33.5 Å². The number of carbonyl (C=O) groups is 1. The molecule has 0 unspecified atom stereocenters. The van der Waals surface area contributed by atoms with Crippen LogP contribution >= 0.6 is 15.9 Å². The third-order valence-electron chi connectivity index (χ3n) is 2.30. The Balaban J connectivity index is 2.67. The number of methoxy groups -OCH3 is 1. The van der Waals surface area contributed by atoms with E-state index in [1.54, 1.807) is 12.1 Å². The predicted octanol–water partition coefficient (Wildman–Crippen LogP) is 1.05. The maximum atomic E-state index is 11.2. The van der Waals surface area contributed by atoms with Gasteiger partial charge in [-0.25, -0.2) is 0 Å². The minimum atomic E-state index is -0.739. The molecule has 1 heterocycles. The highest BCUT2D eigenvalue weighted by Crippen LogP contribution is 2.39. The lowest BCUT2D eigenvalue weighted by Gasteiger charge is -2.08. The van der Waals surface area contributed by atoms with E-state index >= 15 is 0 Å². The molecule has 7 nitrogen and oxygen atoms in total. The van der Waals surface area contributed by atoms with Crippen LogP contribution in [0.25, 0.3) is 11.3 Å². The number of nitrogens with zero attached hydrogens (tertiary/aromatic N) is 2. The number of hydrogen-bond acceptors (Lipinski definition) is 5. The molecule has 4 N–H and O–H groups in total. The van der Waals surface area contributed by atoms with Gasteiger partial charge in [-0.1, -0.05) is 15.9 Å². The van der Waals surface area contributed by atoms with Gasteiger partial charge < -0.3 is 15.6 Å². The van der Waals surface area contributed by atoms with E-state index in [2.05, 4.69) is 31.3 Å². The first-order valence-electron chi connectivity index (χ1n) is 4.82. The van der Waals surface area contributed by atoms with Crippen molar-refractivity contribution in [2.75, 3.05) is 7.11 Å². The summed E-state index contributed by atoms with van der Waals surface area (Å²) in [6, 6.07) is 3.17. The van der Waals surface area contributed by atoms with Crippen LogP contribution in [0.4, 0.5) is 0 Å². The number of hydrogen-bond donors (Lipinski definition) is 3. The molecule has 0 aliphatic rings. The van der Waals surface area contributed by atoms with Gasteiger partial charge in [0.15, 0.2) is 17.2 Å². The van der Waals surface area contributed by atoms with E-state index < -0.39 is 5.91 Å². The number of ether oxygens (including phenoxy) is 1. The number of H-pyrrole nitrogens is 1. The van der Waals surface area contributed by atoms with Crippen LogP contribution in [0.15, 0.2) is 16.6 Å². The molecule has 0 bridgehead atoms. The summed E-state index contributed by atoms with van der Waals surface area (Å²) < 4.78 is 5.67. The second-order valence-corrected chi connectivity index (χ2v) is 4.30. The van der Waals surface area contributed by atoms with E-state index in [0.29, 0.717) is 10.0 Å². The smallest absolute Gasteiger partial charge is 0.271 e. The summed E-state index contributed by atoms with van der Waals surface area (Å²) in [5.41, 5.74) is 5.58. The molecule has 94 valence electrons. The van der Waals surface area contributed by atoms with Crippen molar-refractivity contribution in [3.8, 4) is 22.8 Å². The number of nitrogens with two attached hydrogens (primary N) is 1. The number of aromatic hydroxyl groups is 1. The molecule has 0 radical (unpaired) electrons. The summed E-state index contributed by atoms with van der Waals surface area (Å²) in [7, 11) is 1.42. The lowest BCUT2D eigenvalue weighted by atomic mass is 10.1. The SMILES string of the molecule is COc1cc(Br)cc(-c2n[nH]nc2C(N)=O)c1O. The molecule has 2 rings (SSSR count). The highest BCUT2D eigenvalue weighted by atomic mass is 79.9. The molecule has 0 aliphatic heterocycles. The van der Waals surface area contributed by atoms with Gasteiger partial charge in [0.05, 0.1) is 12.7 Å². The van der Waals surface area contributed by atoms with E-state index in [1.165, 1.54) is 7.11 Å². The van der Waals surface area contributed by atoms with Gasteiger partial charge in [-0.2, -0.15) is 15.4 Å². The standard InChI is InChI=1S/C10H9BrN4O3/c1-18-6-3-4(11)2-5(9(6)16)7-8(10(12)17)14-15-13-7/h2-3,16H,1H3,(H2,12,17)(H,13,14,15). The van der Waals surface area contributed by atoms with Gasteiger partial charge in [0.1, 0.15) is 5.69 Å². The molecule has 18 heavy (non-hydrogen) atoms. The van der Waals surface area contributed by atoms with E-state index in [9.17, 15) is 9.90 Å². The van der Waals surface area contributed by atoms with Crippen LogP contribution < -0.4 is 10.5 Å². The number of primary amides is 1. The fraction of sp³-hybridized carbons (Fsp3) is 0.100. The quantitative estimate of drug-likeness (QED) is 0.783. The molecule has 1 aromatic carbocycles. The van der Waals surface area contributed by atoms with Crippen molar-refractivity contribution in [3.05, 3.63) is 22.3 Å². The Bertz CT molecular complexity index is 611. The predicted molar refractivity (Wildman–Crippen MR) is 66.3 cm³/mol. The van der Waals surface area contributed by atoms with Crippen molar-refractivity contribution in [2.24, 2.45) is 5.73 Å². The highest BCUT2D eigenvalue weighted by molar-refractivity contribution is 9.10. The summed E-state index contributed by atoms with van der Waals surface area (Å²) in [5.74, 6) is -0.632. The minimum Gasteiger partial charge on any atom is -0.504 e. The lowest BCUT2D eigenvalue weighted by molar-refractivity contribution is 0.0996. The van der Waals surface area contributed by atoms with Crippen molar-refractivity contribution in [1.82, 2.24) is 15.4 Å². The molecule has 0 aliphatic carbocycles. The third-order valence-corrected chi connectivity index (χ3v) is 2.75. The van der Waals surface area contributed by atoms with Gasteiger partial charge in [0, 0.05) is 4.47 Å². The number of aromatic amines is 1. The summed E-state index contributed by atoms with van der Waals surface area (Å²) in [6.07, 6.45) is 0. The van der Waals surface area contributed by atoms with Gasteiger partial charge in [-0.15, -0.1) is 0 Å². The first-order chi connectivity index (χ1) is 8.54. The summed E-state index contributed by atoms with van der Waals surface area (Å²) in [5, 5.41) is 19.8. The van der Waals surface area contributed by atoms with Crippen molar-refractivity contribution < 1.29 is 14.6 Å². The fourth-order valence-corrected chi connectivity index (χ4v) is 1.94. The monoisotopic (exact) mass is 312 g/mol. The zero-order valence-corrected chi connectivity index (χ0v) is 10.9. The summed E-state index contributed by atoms with van der Waals surface area (Å²) in [4.78, 5) is 11.2. The number of aromatic nitrogens is 3. The van der Waals surface area contributed by atoms with Crippen LogP contribution in [0.1, 0.15) is 10.5 Å². The zero-order valence-electron chi connectivity index (χ0n) is 9.27. The number of phenolic OH excluding ortho intramolecular Hbond substituents is 1. The maximum Gasteiger partial charge on any atom is 0.271 e. The summed E-state index contributed by atoms with van der Waals surface area (Å²) >= 11 is 3.27. The number of nitrogens with one attached hydrogen (secondary N) is 1. The van der Waals surface area contributed by atoms with E-state index in [1.807, 2.05) is 0 Å². The molecule has 1 amide bonds. The molecular formula is C10H9BrN4O3. The fourth-order valence-electron chi connectivity index (χ4n) is 1.50. The lowest BCUT2D eigenvalue weighted by Crippen LogP contribution is -2.12. The Labute approximate surface area is 110 Å². The Morgan fingerprint density at radius 1 is 1.50 bits per heavy atom. The van der Waals surface area contributed by atoms with Gasteiger partial charge in [-0.05, 0) is 12.1 Å². The second kappa shape index (κ2) is 4.65. The van der Waals surface area contributed by atoms with E-state index in [0.717, 1.165) is 0 Å². The number of benzene rings is 1. The topological polar surface area (TPSA) is 114 Å². The Kier molecular flexibility index (Phi) is 3.19. The number of rotatable bonds is 3. The molecular weight excluding hydrogens is 304 g/mol. The Hall–Kier alpha value is -2.09. The largest absolute Gasteiger partial charge is 0.504 e. The van der Waals surface area contributed by atoms with Crippen molar-refractivity contribution in [2.45, 2.75) is 0 Å². The summed E-state index contributed by atoms with van der Waals surface area (Å²) in [6.45, 7) is 0. The average molecular weight is 313 g/mol. The molecule has 0 saturated carbocycles. The molecule has 8 heteroatoms. The second-order valence-electron chi connectivity index (χ2n) is 3.39. The zero-order chi connectivity index (χ0) is 13.3. The first-order valence-corrected chi connectivity index (χ1v) is 5.61. The van der Waals surface area contributed by atoms with Crippen LogP contribution in [0.5, 0.6) is 11.5 Å². The van der Waals surface area contributed by atoms with Crippen molar-refractivity contribution in [1.29, 1.82) is 0 Å². The van der Waals surface area contributed by atoms with E-state index in [4.69, 9.17) is 10.5 Å².